The van der Waals surface area contributed by atoms with Gasteiger partial charge in [-0.1, -0.05) is 30.3 Å². The van der Waals surface area contributed by atoms with Crippen molar-refractivity contribution in [2.45, 2.75) is 6.42 Å². The molecule has 0 aliphatic heterocycles. The fourth-order valence-corrected chi connectivity index (χ4v) is 1.68. The summed E-state index contributed by atoms with van der Waals surface area (Å²) in [5, 5.41) is 2.09. The van der Waals surface area contributed by atoms with Crippen LogP contribution in [0.3, 0.4) is 0 Å². The standard InChI is InChI=1S/C10H9NS/c1-2-4-9(5-3-1)6-10-7-11-12-8-10/h1-5,7-8H,6H2. The van der Waals surface area contributed by atoms with Crippen molar-refractivity contribution >= 4 is 11.5 Å². The highest BCUT2D eigenvalue weighted by atomic mass is 32.1. The van der Waals surface area contributed by atoms with Crippen molar-refractivity contribution in [1.82, 2.24) is 4.37 Å². The van der Waals surface area contributed by atoms with E-state index in [1.54, 1.807) is 0 Å². The van der Waals surface area contributed by atoms with E-state index in [0.29, 0.717) is 0 Å². The van der Waals surface area contributed by atoms with Crippen molar-refractivity contribution in [1.29, 1.82) is 0 Å². The molecule has 2 aromatic rings. The number of rotatable bonds is 2. The quantitative estimate of drug-likeness (QED) is 0.684. The van der Waals surface area contributed by atoms with Gasteiger partial charge in [-0.3, -0.25) is 0 Å². The first-order valence-corrected chi connectivity index (χ1v) is 4.71. The van der Waals surface area contributed by atoms with Gasteiger partial charge in [-0.25, -0.2) is 4.37 Å². The SMILES string of the molecule is c1ccc(Cc2cnsc2)cc1. The van der Waals surface area contributed by atoms with Gasteiger partial charge < -0.3 is 0 Å². The van der Waals surface area contributed by atoms with E-state index in [2.05, 4.69) is 34.0 Å². The number of aromatic nitrogens is 1. The monoisotopic (exact) mass is 175 g/mol. The van der Waals surface area contributed by atoms with Crippen molar-refractivity contribution < 1.29 is 0 Å². The molecular weight excluding hydrogens is 166 g/mol. The van der Waals surface area contributed by atoms with Crippen LogP contribution in [0.2, 0.25) is 0 Å². The van der Waals surface area contributed by atoms with Gasteiger partial charge >= 0.3 is 0 Å². The summed E-state index contributed by atoms with van der Waals surface area (Å²) in [6.07, 6.45) is 2.93. The van der Waals surface area contributed by atoms with E-state index in [0.717, 1.165) is 6.42 Å². The first kappa shape index (κ1) is 7.50. The summed E-state index contributed by atoms with van der Waals surface area (Å²) < 4.78 is 4.06. The molecule has 0 aliphatic rings. The molecule has 2 heteroatoms. The lowest BCUT2D eigenvalue weighted by molar-refractivity contribution is 1.20. The lowest BCUT2D eigenvalue weighted by Gasteiger charge is -1.95. The van der Waals surface area contributed by atoms with Crippen LogP contribution in [0, 0.1) is 0 Å². The highest BCUT2D eigenvalue weighted by Crippen LogP contribution is 2.09. The van der Waals surface area contributed by atoms with Crippen LogP contribution in [0.5, 0.6) is 0 Å². The molecule has 1 nitrogen and oxygen atoms in total. The van der Waals surface area contributed by atoms with Gasteiger partial charge in [-0.2, -0.15) is 0 Å². The van der Waals surface area contributed by atoms with Gasteiger partial charge in [0, 0.05) is 11.6 Å². The van der Waals surface area contributed by atoms with Gasteiger partial charge in [-0.05, 0) is 29.1 Å². The Morgan fingerprint density at radius 3 is 2.58 bits per heavy atom. The molecule has 0 saturated heterocycles. The fourth-order valence-electron chi connectivity index (χ4n) is 1.15. The third-order valence-electron chi connectivity index (χ3n) is 1.73. The molecule has 0 aliphatic carbocycles. The zero-order valence-electron chi connectivity index (χ0n) is 6.60. The predicted octanol–water partition coefficient (Wildman–Crippen LogP) is 2.73. The molecule has 0 spiro atoms. The minimum absolute atomic E-state index is 0.997. The number of nitrogens with zero attached hydrogens (tertiary/aromatic N) is 1. The molecule has 1 aromatic carbocycles. The first-order chi connectivity index (χ1) is 5.95. The Balaban J connectivity index is 2.15. The Hall–Kier alpha value is -1.15. The van der Waals surface area contributed by atoms with Crippen LogP contribution in [-0.4, -0.2) is 4.37 Å². The van der Waals surface area contributed by atoms with Crippen molar-refractivity contribution in [3.63, 3.8) is 0 Å². The maximum Gasteiger partial charge on any atom is 0.0442 e. The molecule has 60 valence electrons. The molecule has 0 saturated carbocycles. The second-order valence-corrected chi connectivity index (χ2v) is 3.35. The second-order valence-electron chi connectivity index (χ2n) is 2.70. The van der Waals surface area contributed by atoms with E-state index < -0.39 is 0 Å². The van der Waals surface area contributed by atoms with Crippen molar-refractivity contribution in [2.75, 3.05) is 0 Å². The molecule has 12 heavy (non-hydrogen) atoms. The molecule has 1 aromatic heterocycles. The molecule has 0 bridgehead atoms. The van der Waals surface area contributed by atoms with Crippen molar-refractivity contribution in [2.24, 2.45) is 0 Å². The zero-order chi connectivity index (χ0) is 8.23. The molecule has 2 rings (SSSR count). The van der Waals surface area contributed by atoms with Gasteiger partial charge in [0.05, 0.1) is 0 Å². The van der Waals surface area contributed by atoms with Crippen LogP contribution in [0.4, 0.5) is 0 Å². The highest BCUT2D eigenvalue weighted by molar-refractivity contribution is 7.03. The average molecular weight is 175 g/mol. The normalized spacial score (nSPS) is 10.0. The van der Waals surface area contributed by atoms with Crippen molar-refractivity contribution in [3.05, 3.63) is 53.0 Å². The van der Waals surface area contributed by atoms with Gasteiger partial charge in [0.25, 0.3) is 0 Å². The molecule has 0 atom stereocenters. The smallest absolute Gasteiger partial charge is 0.0442 e. The third kappa shape index (κ3) is 1.71. The molecule has 0 fully saturated rings. The van der Waals surface area contributed by atoms with Crippen LogP contribution >= 0.6 is 11.5 Å². The third-order valence-corrected chi connectivity index (χ3v) is 2.37. The van der Waals surface area contributed by atoms with Crippen LogP contribution in [0.1, 0.15) is 11.1 Å². The first-order valence-electron chi connectivity index (χ1n) is 3.87. The lowest BCUT2D eigenvalue weighted by Crippen LogP contribution is -1.83. The van der Waals surface area contributed by atoms with E-state index >= 15 is 0 Å². The predicted molar refractivity (Wildman–Crippen MR) is 51.4 cm³/mol. The molecule has 0 amide bonds. The molecule has 0 unspecified atom stereocenters. The summed E-state index contributed by atoms with van der Waals surface area (Å²) in [5.74, 6) is 0. The van der Waals surface area contributed by atoms with E-state index in [1.165, 1.54) is 22.7 Å². The Morgan fingerprint density at radius 2 is 1.92 bits per heavy atom. The second kappa shape index (κ2) is 3.50. The Kier molecular flexibility index (Phi) is 2.19. The van der Waals surface area contributed by atoms with E-state index in [4.69, 9.17) is 0 Å². The fraction of sp³-hybridized carbons (Fsp3) is 0.100. The maximum absolute atomic E-state index is 4.06. The Morgan fingerprint density at radius 1 is 1.08 bits per heavy atom. The number of hydrogen-bond acceptors (Lipinski definition) is 2. The van der Waals surface area contributed by atoms with Crippen LogP contribution < -0.4 is 0 Å². The van der Waals surface area contributed by atoms with E-state index in [-0.39, 0.29) is 0 Å². The highest BCUT2D eigenvalue weighted by Gasteiger charge is 1.94. The van der Waals surface area contributed by atoms with Gasteiger partial charge in [0.2, 0.25) is 0 Å². The number of benzene rings is 1. The van der Waals surface area contributed by atoms with E-state index in [9.17, 15) is 0 Å². The number of hydrogen-bond donors (Lipinski definition) is 0. The average Bonchev–Trinajstić information content (AvgIpc) is 2.59. The Labute approximate surface area is 75.9 Å². The topological polar surface area (TPSA) is 12.9 Å². The van der Waals surface area contributed by atoms with Crippen LogP contribution in [-0.2, 0) is 6.42 Å². The summed E-state index contributed by atoms with van der Waals surface area (Å²) in [4.78, 5) is 0. The molecule has 1 heterocycles. The largest absolute Gasteiger partial charge is 0.201 e. The molecular formula is C10H9NS. The van der Waals surface area contributed by atoms with Crippen molar-refractivity contribution in [3.8, 4) is 0 Å². The Bertz CT molecular complexity index is 326. The van der Waals surface area contributed by atoms with Crippen LogP contribution in [0.25, 0.3) is 0 Å². The van der Waals surface area contributed by atoms with E-state index in [1.807, 2.05) is 12.3 Å². The van der Waals surface area contributed by atoms with Crippen LogP contribution in [0.15, 0.2) is 41.9 Å². The summed E-state index contributed by atoms with van der Waals surface area (Å²) in [6.45, 7) is 0. The minimum Gasteiger partial charge on any atom is -0.201 e. The van der Waals surface area contributed by atoms with Gasteiger partial charge in [0.15, 0.2) is 0 Å². The minimum atomic E-state index is 0.997. The zero-order valence-corrected chi connectivity index (χ0v) is 7.42. The lowest BCUT2D eigenvalue weighted by atomic mass is 10.1. The van der Waals surface area contributed by atoms with Gasteiger partial charge in [0.1, 0.15) is 0 Å². The summed E-state index contributed by atoms with van der Waals surface area (Å²) in [6, 6.07) is 10.4. The summed E-state index contributed by atoms with van der Waals surface area (Å²) in [7, 11) is 0. The summed E-state index contributed by atoms with van der Waals surface area (Å²) >= 11 is 1.51. The molecule has 0 N–H and O–H groups in total. The van der Waals surface area contributed by atoms with Gasteiger partial charge in [-0.15, -0.1) is 0 Å². The molecule has 0 radical (unpaired) electrons. The maximum atomic E-state index is 4.06. The summed E-state index contributed by atoms with van der Waals surface area (Å²) in [5.41, 5.74) is 2.64.